The summed E-state index contributed by atoms with van der Waals surface area (Å²) in [6.45, 7) is 2.63. The van der Waals surface area contributed by atoms with Crippen molar-refractivity contribution in [2.24, 2.45) is 0 Å². The molecule has 0 saturated heterocycles. The predicted molar refractivity (Wildman–Crippen MR) is 245 cm³/mol. The molecule has 0 saturated carbocycles. The molecule has 0 fully saturated rings. The van der Waals surface area contributed by atoms with Crippen molar-refractivity contribution >= 4 is 25.7 Å². The molecule has 12 heteroatoms. The van der Waals surface area contributed by atoms with Gasteiger partial charge in [0, 0.05) is 12.8 Å². The minimum atomic E-state index is -4.76. The highest BCUT2D eigenvalue weighted by molar-refractivity contribution is 7.47. The SMILES string of the molecule is CCCCCCCCC/C=C\CCCCCCCCCC(=O)NC(COP(=O)(O)OCC(O)COC(=O)CCCCCCCCCCCCCCCCCCCC)C(=O)O. The number of carboxylic acid groups (broad SMARTS) is 1. The predicted octanol–water partition coefficient (Wildman–Crippen LogP) is 13.2. The number of phosphoric ester groups is 1. The maximum Gasteiger partial charge on any atom is 0.472 e. The van der Waals surface area contributed by atoms with Crippen molar-refractivity contribution in [2.75, 3.05) is 19.8 Å². The smallest absolute Gasteiger partial charge is 0.472 e. The van der Waals surface area contributed by atoms with Crippen LogP contribution in [0.5, 0.6) is 0 Å². The molecule has 0 rings (SSSR count). The van der Waals surface area contributed by atoms with Crippen molar-refractivity contribution in [1.82, 2.24) is 5.32 Å². The Balaban J connectivity index is 3.82. The van der Waals surface area contributed by atoms with Crippen LogP contribution in [0.25, 0.3) is 0 Å². The summed E-state index contributed by atoms with van der Waals surface area (Å²) in [5.74, 6) is -2.36. The van der Waals surface area contributed by atoms with E-state index in [1.807, 2.05) is 0 Å². The number of amides is 1. The van der Waals surface area contributed by atoms with Gasteiger partial charge in [0.15, 0.2) is 6.04 Å². The van der Waals surface area contributed by atoms with E-state index in [2.05, 4.69) is 31.3 Å². The first-order chi connectivity index (χ1) is 29.1. The number of carboxylic acids is 1. The number of esters is 1. The fourth-order valence-corrected chi connectivity index (χ4v) is 7.97. The van der Waals surface area contributed by atoms with E-state index in [0.29, 0.717) is 12.8 Å². The highest BCUT2D eigenvalue weighted by atomic mass is 31.2. The highest BCUT2D eigenvalue weighted by Gasteiger charge is 2.28. The van der Waals surface area contributed by atoms with Crippen LogP contribution in [0.4, 0.5) is 0 Å². The number of unbranched alkanes of at least 4 members (excludes halogenated alkanes) is 31. The van der Waals surface area contributed by atoms with Crippen molar-refractivity contribution in [3.8, 4) is 0 Å². The van der Waals surface area contributed by atoms with E-state index < -0.39 is 57.6 Å². The largest absolute Gasteiger partial charge is 0.480 e. The van der Waals surface area contributed by atoms with Crippen LogP contribution in [-0.4, -0.2) is 64.9 Å². The second kappa shape index (κ2) is 43.9. The normalized spacial score (nSPS) is 13.7. The second-order valence-corrected chi connectivity index (χ2v) is 18.5. The fourth-order valence-electron chi connectivity index (χ4n) is 7.19. The van der Waals surface area contributed by atoms with Gasteiger partial charge in [0.2, 0.25) is 5.91 Å². The Kier molecular flexibility index (Phi) is 42.6. The van der Waals surface area contributed by atoms with Crippen molar-refractivity contribution in [3.05, 3.63) is 12.2 Å². The van der Waals surface area contributed by atoms with Crippen LogP contribution in [0.3, 0.4) is 0 Å². The lowest BCUT2D eigenvalue weighted by Gasteiger charge is -2.18. The number of aliphatic hydroxyl groups excluding tert-OH is 1. The molecule has 0 aromatic carbocycles. The Morgan fingerprint density at radius 1 is 0.517 bits per heavy atom. The summed E-state index contributed by atoms with van der Waals surface area (Å²) in [6.07, 6.45) is 45.1. The fraction of sp³-hybridized carbons (Fsp3) is 0.896. The van der Waals surface area contributed by atoms with Gasteiger partial charge in [-0.15, -0.1) is 0 Å². The number of phosphoric acid groups is 1. The zero-order chi connectivity index (χ0) is 44.2. The number of aliphatic carboxylic acids is 1. The number of allylic oxidation sites excluding steroid dienone is 2. The maximum absolute atomic E-state index is 12.3. The van der Waals surface area contributed by atoms with E-state index in [1.165, 1.54) is 154 Å². The first kappa shape index (κ1) is 58.2. The van der Waals surface area contributed by atoms with Crippen LogP contribution >= 0.6 is 7.82 Å². The van der Waals surface area contributed by atoms with Crippen LogP contribution < -0.4 is 5.32 Å². The number of hydrogen-bond donors (Lipinski definition) is 4. The van der Waals surface area contributed by atoms with E-state index in [0.717, 1.165) is 51.4 Å². The number of carbonyl (C=O) groups excluding carboxylic acids is 2. The lowest BCUT2D eigenvalue weighted by Crippen LogP contribution is -2.43. The minimum Gasteiger partial charge on any atom is -0.480 e. The zero-order valence-corrected chi connectivity index (χ0v) is 39.4. The van der Waals surface area contributed by atoms with Gasteiger partial charge < -0.3 is 25.2 Å². The maximum atomic E-state index is 12.3. The van der Waals surface area contributed by atoms with Crippen LogP contribution in [0.15, 0.2) is 12.2 Å². The van der Waals surface area contributed by atoms with Gasteiger partial charge in [-0.05, 0) is 38.5 Å². The molecular weight excluding hydrogens is 781 g/mol. The van der Waals surface area contributed by atoms with Gasteiger partial charge in [-0.3, -0.25) is 18.6 Å². The number of hydrogen-bond acceptors (Lipinski definition) is 8. The third-order valence-corrected chi connectivity index (χ3v) is 12.0. The van der Waals surface area contributed by atoms with Crippen molar-refractivity contribution in [2.45, 2.75) is 257 Å². The third kappa shape index (κ3) is 42.9. The first-order valence-corrected chi connectivity index (χ1v) is 26.2. The molecule has 0 radical (unpaired) electrons. The number of aliphatic hydroxyl groups is 1. The molecule has 0 heterocycles. The van der Waals surface area contributed by atoms with Crippen molar-refractivity contribution in [3.63, 3.8) is 0 Å². The van der Waals surface area contributed by atoms with Gasteiger partial charge >= 0.3 is 19.8 Å². The van der Waals surface area contributed by atoms with E-state index in [4.69, 9.17) is 13.8 Å². The summed E-state index contributed by atoms with van der Waals surface area (Å²) >= 11 is 0. The van der Waals surface area contributed by atoms with Crippen LogP contribution in [0.2, 0.25) is 0 Å². The number of rotatable bonds is 47. The Morgan fingerprint density at radius 3 is 1.27 bits per heavy atom. The van der Waals surface area contributed by atoms with Gasteiger partial charge in [0.1, 0.15) is 12.7 Å². The molecule has 354 valence electrons. The monoisotopic (exact) mass is 874 g/mol. The van der Waals surface area contributed by atoms with Gasteiger partial charge in [0.05, 0.1) is 13.2 Å². The molecule has 1 amide bonds. The Hall–Kier alpha value is -1.78. The summed E-state index contributed by atoms with van der Waals surface area (Å²) < 4.78 is 26.9. The van der Waals surface area contributed by atoms with E-state index in [9.17, 15) is 34.1 Å². The molecule has 0 aromatic heterocycles. The molecule has 0 bridgehead atoms. The zero-order valence-electron chi connectivity index (χ0n) is 38.5. The molecule has 60 heavy (non-hydrogen) atoms. The lowest BCUT2D eigenvalue weighted by molar-refractivity contribution is -0.147. The Labute approximate surface area is 367 Å². The molecule has 4 N–H and O–H groups in total. The van der Waals surface area contributed by atoms with Gasteiger partial charge in [-0.1, -0.05) is 206 Å². The van der Waals surface area contributed by atoms with Crippen LogP contribution in [0, 0.1) is 0 Å². The third-order valence-electron chi connectivity index (χ3n) is 11.1. The molecule has 11 nitrogen and oxygen atoms in total. The molecule has 0 spiro atoms. The Bertz CT molecular complexity index is 1070. The average Bonchev–Trinajstić information content (AvgIpc) is 3.22. The summed E-state index contributed by atoms with van der Waals surface area (Å²) in [4.78, 5) is 46.0. The summed E-state index contributed by atoms with van der Waals surface area (Å²) in [7, 11) is -4.76. The molecule has 0 aliphatic carbocycles. The van der Waals surface area contributed by atoms with E-state index >= 15 is 0 Å². The van der Waals surface area contributed by atoms with Crippen molar-refractivity contribution in [1.29, 1.82) is 0 Å². The Morgan fingerprint density at radius 2 is 0.867 bits per heavy atom. The summed E-state index contributed by atoms with van der Waals surface area (Å²) in [6, 6.07) is -1.55. The quantitative estimate of drug-likeness (QED) is 0.0200. The van der Waals surface area contributed by atoms with Crippen LogP contribution in [0.1, 0.15) is 245 Å². The number of ether oxygens (including phenoxy) is 1. The van der Waals surface area contributed by atoms with Gasteiger partial charge in [0.25, 0.3) is 0 Å². The molecule has 3 unspecified atom stereocenters. The highest BCUT2D eigenvalue weighted by Crippen LogP contribution is 2.43. The molecule has 0 aromatic rings. The lowest BCUT2D eigenvalue weighted by atomic mass is 10.0. The van der Waals surface area contributed by atoms with Gasteiger partial charge in [-0.25, -0.2) is 9.36 Å². The standard InChI is InChI=1S/C48H92NO10P/c1-3-5-7-9-11-13-15-17-19-21-23-25-27-29-31-33-35-37-39-46(51)49-45(48(53)54)43-59-60(55,56)58-42-44(50)41-57-47(52)40-38-36-34-32-30-28-26-24-22-20-18-16-14-12-10-8-6-4-2/h19,21,44-45,50H,3-18,20,22-43H2,1-2H3,(H,49,51)(H,53,54)(H,55,56)/b21-19-. The average molecular weight is 874 g/mol. The summed E-state index contributed by atoms with van der Waals surface area (Å²) in [5, 5.41) is 21.9. The molecule has 3 atom stereocenters. The van der Waals surface area contributed by atoms with Crippen molar-refractivity contribution < 1.29 is 47.8 Å². The van der Waals surface area contributed by atoms with Gasteiger partial charge in [-0.2, -0.15) is 0 Å². The minimum absolute atomic E-state index is 0.144. The topological polar surface area (TPSA) is 169 Å². The number of carbonyl (C=O) groups is 3. The summed E-state index contributed by atoms with van der Waals surface area (Å²) in [5.41, 5.74) is 0. The van der Waals surface area contributed by atoms with Crippen LogP contribution in [-0.2, 0) is 32.7 Å². The van der Waals surface area contributed by atoms with E-state index in [-0.39, 0.29) is 12.8 Å². The van der Waals surface area contributed by atoms with E-state index in [1.54, 1.807) is 0 Å². The molecular formula is C48H92NO10P. The molecule has 0 aliphatic heterocycles. The number of nitrogens with one attached hydrogen (secondary N) is 1. The molecule has 0 aliphatic rings. The first-order valence-electron chi connectivity index (χ1n) is 24.7. The second-order valence-electron chi connectivity index (χ2n) is 17.0.